The minimum absolute atomic E-state index is 0.122. The Balaban J connectivity index is 0.000000461. The Labute approximate surface area is 68.1 Å². The van der Waals surface area contributed by atoms with Crippen molar-refractivity contribution >= 4 is 0 Å². The van der Waals surface area contributed by atoms with Gasteiger partial charge in [-0.05, 0) is 25.0 Å². The summed E-state index contributed by atoms with van der Waals surface area (Å²) in [7, 11) is 0. The van der Waals surface area contributed by atoms with Crippen LogP contribution in [0, 0.1) is 0 Å². The van der Waals surface area contributed by atoms with Gasteiger partial charge in [-0.3, -0.25) is 0 Å². The number of hydrogen-bond acceptors (Lipinski definition) is 0. The number of allylic oxidation sites excluding steroid dienone is 6. The molecule has 62 valence electrons. The SMILES string of the molecule is CC.CC1=CCC=CC=C1F. The molecule has 0 atom stereocenters. The van der Waals surface area contributed by atoms with Crippen molar-refractivity contribution in [2.24, 2.45) is 0 Å². The molecule has 0 fully saturated rings. The van der Waals surface area contributed by atoms with Crippen molar-refractivity contribution in [2.45, 2.75) is 27.2 Å². The maximum atomic E-state index is 12.6. The van der Waals surface area contributed by atoms with Crippen LogP contribution >= 0.6 is 0 Å². The fourth-order valence-electron chi connectivity index (χ4n) is 0.705. The molecule has 0 heterocycles. The highest BCUT2D eigenvalue weighted by Crippen LogP contribution is 2.13. The van der Waals surface area contributed by atoms with E-state index in [1.807, 2.05) is 26.0 Å². The Morgan fingerprint density at radius 3 is 2.64 bits per heavy atom. The molecule has 0 saturated heterocycles. The highest BCUT2D eigenvalue weighted by molar-refractivity contribution is 5.29. The molecule has 0 unspecified atom stereocenters. The normalized spacial score (nSPS) is 15.6. The van der Waals surface area contributed by atoms with Crippen LogP contribution in [0.1, 0.15) is 27.2 Å². The van der Waals surface area contributed by atoms with Gasteiger partial charge in [-0.25, -0.2) is 4.39 Å². The number of hydrogen-bond donors (Lipinski definition) is 0. The molecule has 0 aliphatic heterocycles. The summed E-state index contributed by atoms with van der Waals surface area (Å²) < 4.78 is 12.6. The van der Waals surface area contributed by atoms with Crippen molar-refractivity contribution in [1.82, 2.24) is 0 Å². The summed E-state index contributed by atoms with van der Waals surface area (Å²) in [4.78, 5) is 0. The van der Waals surface area contributed by atoms with Crippen molar-refractivity contribution in [2.75, 3.05) is 0 Å². The minimum Gasteiger partial charge on any atom is -0.207 e. The van der Waals surface area contributed by atoms with E-state index < -0.39 is 0 Å². The molecule has 0 amide bonds. The molecule has 0 aromatic rings. The third kappa shape index (κ3) is 3.76. The largest absolute Gasteiger partial charge is 0.207 e. The van der Waals surface area contributed by atoms with Gasteiger partial charge in [0.2, 0.25) is 0 Å². The topological polar surface area (TPSA) is 0 Å². The lowest BCUT2D eigenvalue weighted by Crippen LogP contribution is -1.72. The fraction of sp³-hybridized carbons (Fsp3) is 0.400. The van der Waals surface area contributed by atoms with Gasteiger partial charge in [0.15, 0.2) is 0 Å². The number of rotatable bonds is 0. The van der Waals surface area contributed by atoms with Crippen molar-refractivity contribution < 1.29 is 4.39 Å². The smallest absolute Gasteiger partial charge is 0.125 e. The van der Waals surface area contributed by atoms with Gasteiger partial charge >= 0.3 is 0 Å². The first-order valence-corrected chi connectivity index (χ1v) is 4.00. The Kier molecular flexibility index (Phi) is 5.44. The second kappa shape index (κ2) is 5.90. The molecular weight excluding hydrogens is 139 g/mol. The van der Waals surface area contributed by atoms with Crippen LogP contribution in [-0.4, -0.2) is 0 Å². The average Bonchev–Trinajstić information content (AvgIpc) is 2.22. The van der Waals surface area contributed by atoms with E-state index in [1.165, 1.54) is 6.08 Å². The fourth-order valence-corrected chi connectivity index (χ4v) is 0.705. The van der Waals surface area contributed by atoms with Crippen LogP contribution in [0.15, 0.2) is 35.7 Å². The lowest BCUT2D eigenvalue weighted by Gasteiger charge is -1.90. The zero-order valence-electron chi connectivity index (χ0n) is 7.39. The van der Waals surface area contributed by atoms with Crippen LogP contribution in [-0.2, 0) is 0 Å². The predicted octanol–water partition coefficient (Wildman–Crippen LogP) is 3.77. The first-order valence-electron chi connectivity index (χ1n) is 4.00. The van der Waals surface area contributed by atoms with Gasteiger partial charge in [-0.15, -0.1) is 0 Å². The van der Waals surface area contributed by atoms with Gasteiger partial charge in [0.05, 0.1) is 0 Å². The molecule has 0 N–H and O–H groups in total. The van der Waals surface area contributed by atoms with E-state index in [0.29, 0.717) is 0 Å². The summed E-state index contributed by atoms with van der Waals surface area (Å²) >= 11 is 0. The van der Waals surface area contributed by atoms with Crippen molar-refractivity contribution in [3.8, 4) is 0 Å². The molecule has 1 heteroatoms. The highest BCUT2D eigenvalue weighted by atomic mass is 19.1. The monoisotopic (exact) mass is 154 g/mol. The third-order valence-electron chi connectivity index (χ3n) is 1.32. The van der Waals surface area contributed by atoms with Gasteiger partial charge < -0.3 is 0 Å². The van der Waals surface area contributed by atoms with Crippen molar-refractivity contribution in [3.05, 3.63) is 35.7 Å². The molecule has 0 bridgehead atoms. The molecule has 0 aromatic carbocycles. The Hall–Kier alpha value is -0.850. The average molecular weight is 154 g/mol. The Bertz CT molecular complexity index is 185. The van der Waals surface area contributed by atoms with E-state index in [0.717, 1.165) is 12.0 Å². The molecule has 0 radical (unpaired) electrons. The van der Waals surface area contributed by atoms with E-state index in [9.17, 15) is 4.39 Å². The van der Waals surface area contributed by atoms with Crippen LogP contribution in [0.25, 0.3) is 0 Å². The molecule has 1 aliphatic rings. The second-order valence-corrected chi connectivity index (χ2v) is 2.07. The molecule has 0 saturated carbocycles. The quantitative estimate of drug-likeness (QED) is 0.498. The first kappa shape index (κ1) is 10.2. The van der Waals surface area contributed by atoms with Crippen LogP contribution in [0.3, 0.4) is 0 Å². The Morgan fingerprint density at radius 2 is 2.00 bits per heavy atom. The van der Waals surface area contributed by atoms with E-state index in [1.54, 1.807) is 13.0 Å². The van der Waals surface area contributed by atoms with Crippen LogP contribution < -0.4 is 0 Å². The van der Waals surface area contributed by atoms with E-state index in [4.69, 9.17) is 0 Å². The number of halogens is 1. The summed E-state index contributed by atoms with van der Waals surface area (Å²) in [5.41, 5.74) is 0.736. The Morgan fingerprint density at radius 1 is 1.36 bits per heavy atom. The summed E-state index contributed by atoms with van der Waals surface area (Å²) in [6.07, 6.45) is 7.86. The predicted molar refractivity (Wildman–Crippen MR) is 48.1 cm³/mol. The summed E-state index contributed by atoms with van der Waals surface area (Å²) in [5.74, 6) is -0.122. The standard InChI is InChI=1S/C8H9F.C2H6/c1-7-5-3-2-4-6-8(7)9;1-2/h2,4-6H,3H2,1H3;1-2H3. The summed E-state index contributed by atoms with van der Waals surface area (Å²) in [5, 5.41) is 0. The maximum Gasteiger partial charge on any atom is 0.125 e. The van der Waals surface area contributed by atoms with Crippen LogP contribution in [0.4, 0.5) is 4.39 Å². The zero-order valence-corrected chi connectivity index (χ0v) is 7.39. The summed E-state index contributed by atoms with van der Waals surface area (Å²) in [6.45, 7) is 5.78. The van der Waals surface area contributed by atoms with Gasteiger partial charge in [0.1, 0.15) is 5.83 Å². The van der Waals surface area contributed by atoms with Crippen molar-refractivity contribution in [3.63, 3.8) is 0 Å². The van der Waals surface area contributed by atoms with Crippen LogP contribution in [0.5, 0.6) is 0 Å². The molecule has 0 aromatic heterocycles. The highest BCUT2D eigenvalue weighted by Gasteiger charge is 1.96. The van der Waals surface area contributed by atoms with E-state index in [2.05, 4.69) is 0 Å². The zero-order chi connectivity index (χ0) is 8.69. The molecule has 0 spiro atoms. The third-order valence-corrected chi connectivity index (χ3v) is 1.32. The van der Waals surface area contributed by atoms with E-state index in [-0.39, 0.29) is 5.83 Å². The lowest BCUT2D eigenvalue weighted by atomic mass is 10.2. The first-order chi connectivity index (χ1) is 5.30. The van der Waals surface area contributed by atoms with Crippen molar-refractivity contribution in [1.29, 1.82) is 0 Å². The van der Waals surface area contributed by atoms with Gasteiger partial charge in [-0.1, -0.05) is 32.1 Å². The van der Waals surface area contributed by atoms with Crippen LogP contribution in [0.2, 0.25) is 0 Å². The van der Waals surface area contributed by atoms with Gasteiger partial charge in [-0.2, -0.15) is 0 Å². The molecule has 1 aliphatic carbocycles. The lowest BCUT2D eigenvalue weighted by molar-refractivity contribution is 0.651. The minimum atomic E-state index is -0.122. The molecule has 0 nitrogen and oxygen atoms in total. The molecule has 11 heavy (non-hydrogen) atoms. The second-order valence-electron chi connectivity index (χ2n) is 2.07. The van der Waals surface area contributed by atoms with Gasteiger partial charge in [0, 0.05) is 0 Å². The summed E-state index contributed by atoms with van der Waals surface area (Å²) in [6, 6.07) is 0. The van der Waals surface area contributed by atoms with E-state index >= 15 is 0 Å². The van der Waals surface area contributed by atoms with Gasteiger partial charge in [0.25, 0.3) is 0 Å². The molecule has 1 rings (SSSR count). The molecular formula is C10H15F. The maximum absolute atomic E-state index is 12.6.